The van der Waals surface area contributed by atoms with Gasteiger partial charge in [0.2, 0.25) is 11.6 Å². The molecule has 0 spiro atoms. The Kier molecular flexibility index (Phi) is 6.54. The number of hydrogen-bond donors (Lipinski definition) is 1. The maximum atomic E-state index is 12.2. The number of Topliss-reactive ketones (excluding diaryl/α,β-unsaturated/α-hetero) is 1. The molecule has 1 heterocycles. The van der Waals surface area contributed by atoms with Gasteiger partial charge in [0.05, 0.1) is 12.1 Å². The number of aryl methyl sites for hydroxylation is 1. The van der Waals surface area contributed by atoms with Gasteiger partial charge < -0.3 is 5.11 Å². The summed E-state index contributed by atoms with van der Waals surface area (Å²) in [6, 6.07) is 14.7. The number of nitrogens with zero attached hydrogens (tertiary/aromatic N) is 3. The molecule has 0 saturated heterocycles. The van der Waals surface area contributed by atoms with Gasteiger partial charge in [0.25, 0.3) is 0 Å². The molecule has 29 heavy (non-hydrogen) atoms. The minimum absolute atomic E-state index is 0.0239. The fraction of sp³-hybridized carbons (Fsp3) is 0.304. The first kappa shape index (κ1) is 20.5. The molecule has 0 atom stereocenters. The van der Waals surface area contributed by atoms with Crippen molar-refractivity contribution in [2.24, 2.45) is 0 Å². The smallest absolute Gasteiger partial charge is 0.336 e. The predicted molar refractivity (Wildman–Crippen MR) is 111 cm³/mol. The predicted octanol–water partition coefficient (Wildman–Crippen LogP) is 4.63. The molecule has 6 nitrogen and oxygen atoms in total. The van der Waals surface area contributed by atoms with Crippen molar-refractivity contribution in [2.75, 3.05) is 0 Å². The first-order valence-corrected chi connectivity index (χ1v) is 9.92. The first-order chi connectivity index (χ1) is 14.0. The molecule has 0 amide bonds. The van der Waals surface area contributed by atoms with Gasteiger partial charge in [-0.3, -0.25) is 4.79 Å². The highest BCUT2D eigenvalue weighted by molar-refractivity contribution is 5.96. The molecule has 0 bridgehead atoms. The normalized spacial score (nSPS) is 10.8. The van der Waals surface area contributed by atoms with E-state index in [1.807, 2.05) is 37.3 Å². The van der Waals surface area contributed by atoms with E-state index < -0.39 is 5.97 Å². The second-order valence-electron chi connectivity index (χ2n) is 6.98. The Balaban J connectivity index is 1.85. The molecule has 3 rings (SSSR count). The molecule has 0 unspecified atom stereocenters. The Morgan fingerprint density at radius 2 is 1.72 bits per heavy atom. The lowest BCUT2D eigenvalue weighted by Crippen LogP contribution is -2.08. The Morgan fingerprint density at radius 1 is 1.00 bits per heavy atom. The standard InChI is InChI=1S/C23H25N3O3/c1-3-7-20(27)22-24-21(8-4-2)26(25-22)15-16-11-13-17(14-12-16)18-9-5-6-10-19(18)23(28)29/h5-6,9-14H,3-4,7-8,15H2,1-2H3,(H,28,29). The average Bonchev–Trinajstić information content (AvgIpc) is 3.12. The molecule has 2 aromatic carbocycles. The monoisotopic (exact) mass is 391 g/mol. The highest BCUT2D eigenvalue weighted by Crippen LogP contribution is 2.24. The minimum atomic E-state index is -0.944. The lowest BCUT2D eigenvalue weighted by Gasteiger charge is -2.09. The third-order valence-electron chi connectivity index (χ3n) is 4.70. The van der Waals surface area contributed by atoms with Gasteiger partial charge in [-0.1, -0.05) is 56.3 Å². The largest absolute Gasteiger partial charge is 0.478 e. The van der Waals surface area contributed by atoms with Crippen LogP contribution in [0.2, 0.25) is 0 Å². The van der Waals surface area contributed by atoms with Crippen LogP contribution in [0.25, 0.3) is 11.1 Å². The van der Waals surface area contributed by atoms with E-state index in [4.69, 9.17) is 0 Å². The number of carboxylic acid groups (broad SMARTS) is 1. The highest BCUT2D eigenvalue weighted by atomic mass is 16.4. The third kappa shape index (κ3) is 4.77. The molecule has 0 aliphatic rings. The summed E-state index contributed by atoms with van der Waals surface area (Å²) in [7, 11) is 0. The molecule has 0 aliphatic heterocycles. The molecule has 1 N–H and O–H groups in total. The Bertz CT molecular complexity index is 1010. The zero-order chi connectivity index (χ0) is 20.8. The molecule has 1 aromatic heterocycles. The molecular weight excluding hydrogens is 366 g/mol. The summed E-state index contributed by atoms with van der Waals surface area (Å²) in [5.74, 6) is 0.138. The minimum Gasteiger partial charge on any atom is -0.478 e. The van der Waals surface area contributed by atoms with Crippen molar-refractivity contribution < 1.29 is 14.7 Å². The number of carboxylic acids is 1. The van der Waals surface area contributed by atoms with Crippen LogP contribution in [0.1, 0.15) is 65.5 Å². The van der Waals surface area contributed by atoms with Gasteiger partial charge in [-0.25, -0.2) is 14.5 Å². The highest BCUT2D eigenvalue weighted by Gasteiger charge is 2.16. The van der Waals surface area contributed by atoms with Gasteiger partial charge in [0.1, 0.15) is 5.82 Å². The summed E-state index contributed by atoms with van der Waals surface area (Å²) >= 11 is 0. The van der Waals surface area contributed by atoms with Crippen molar-refractivity contribution in [1.82, 2.24) is 14.8 Å². The van der Waals surface area contributed by atoms with E-state index in [2.05, 4.69) is 17.0 Å². The summed E-state index contributed by atoms with van der Waals surface area (Å²) in [5.41, 5.74) is 2.82. The lowest BCUT2D eigenvalue weighted by atomic mass is 9.99. The molecule has 150 valence electrons. The Labute approximate surface area is 170 Å². The number of carbonyl (C=O) groups is 2. The number of carbonyl (C=O) groups excluding carboxylic acids is 1. The van der Waals surface area contributed by atoms with Crippen LogP contribution in [-0.2, 0) is 13.0 Å². The van der Waals surface area contributed by atoms with Gasteiger partial charge in [0.15, 0.2) is 0 Å². The van der Waals surface area contributed by atoms with Gasteiger partial charge in [-0.15, -0.1) is 5.10 Å². The van der Waals surface area contributed by atoms with Crippen LogP contribution in [0, 0.1) is 0 Å². The molecule has 0 saturated carbocycles. The molecule has 0 radical (unpaired) electrons. The van der Waals surface area contributed by atoms with Crippen LogP contribution in [0.4, 0.5) is 0 Å². The summed E-state index contributed by atoms with van der Waals surface area (Å²) in [4.78, 5) is 28.1. The maximum absolute atomic E-state index is 12.2. The number of rotatable bonds is 9. The van der Waals surface area contributed by atoms with Crippen LogP contribution in [-0.4, -0.2) is 31.6 Å². The average molecular weight is 391 g/mol. The van der Waals surface area contributed by atoms with Gasteiger partial charge in [0, 0.05) is 12.8 Å². The van der Waals surface area contributed by atoms with E-state index >= 15 is 0 Å². The van der Waals surface area contributed by atoms with Crippen LogP contribution < -0.4 is 0 Å². The van der Waals surface area contributed by atoms with E-state index in [1.54, 1.807) is 22.9 Å². The van der Waals surface area contributed by atoms with Crippen LogP contribution in [0.15, 0.2) is 48.5 Å². The summed E-state index contributed by atoms with van der Waals surface area (Å²) in [6.45, 7) is 4.55. The van der Waals surface area contributed by atoms with E-state index in [-0.39, 0.29) is 11.3 Å². The quantitative estimate of drug-likeness (QED) is 0.538. The van der Waals surface area contributed by atoms with Crippen molar-refractivity contribution >= 4 is 11.8 Å². The number of hydrogen-bond acceptors (Lipinski definition) is 4. The van der Waals surface area contributed by atoms with Crippen molar-refractivity contribution in [3.63, 3.8) is 0 Å². The van der Waals surface area contributed by atoms with E-state index in [0.717, 1.165) is 36.2 Å². The van der Waals surface area contributed by atoms with Crippen molar-refractivity contribution in [3.8, 4) is 11.1 Å². The van der Waals surface area contributed by atoms with Gasteiger partial charge >= 0.3 is 5.97 Å². The van der Waals surface area contributed by atoms with E-state index in [0.29, 0.717) is 24.4 Å². The topological polar surface area (TPSA) is 85.1 Å². The van der Waals surface area contributed by atoms with Crippen molar-refractivity contribution in [3.05, 3.63) is 71.3 Å². The zero-order valence-corrected chi connectivity index (χ0v) is 16.8. The van der Waals surface area contributed by atoms with Crippen LogP contribution in [0.3, 0.4) is 0 Å². The summed E-state index contributed by atoms with van der Waals surface area (Å²) < 4.78 is 1.80. The van der Waals surface area contributed by atoms with Gasteiger partial charge in [-0.05, 0) is 35.6 Å². The molecule has 3 aromatic rings. The molecule has 6 heteroatoms. The molecule has 0 aliphatic carbocycles. The number of ketones is 1. The molecular formula is C23H25N3O3. The SMILES string of the molecule is CCCC(=O)c1nc(CCC)n(Cc2ccc(-c3ccccc3C(=O)O)cc2)n1. The van der Waals surface area contributed by atoms with E-state index in [1.165, 1.54) is 0 Å². The van der Waals surface area contributed by atoms with Crippen LogP contribution in [0.5, 0.6) is 0 Å². The molecule has 0 fully saturated rings. The number of benzene rings is 2. The Morgan fingerprint density at radius 3 is 2.38 bits per heavy atom. The third-order valence-corrected chi connectivity index (χ3v) is 4.70. The van der Waals surface area contributed by atoms with Gasteiger partial charge in [-0.2, -0.15) is 0 Å². The second kappa shape index (κ2) is 9.28. The van der Waals surface area contributed by atoms with Crippen molar-refractivity contribution in [1.29, 1.82) is 0 Å². The lowest BCUT2D eigenvalue weighted by molar-refractivity contribution is 0.0697. The second-order valence-corrected chi connectivity index (χ2v) is 6.98. The maximum Gasteiger partial charge on any atom is 0.336 e. The number of aromatic carboxylic acids is 1. The van der Waals surface area contributed by atoms with Crippen molar-refractivity contribution in [2.45, 2.75) is 46.1 Å². The first-order valence-electron chi connectivity index (χ1n) is 9.92. The zero-order valence-electron chi connectivity index (χ0n) is 16.8. The van der Waals surface area contributed by atoms with Crippen LogP contribution >= 0.6 is 0 Å². The fourth-order valence-corrected chi connectivity index (χ4v) is 3.25. The summed E-state index contributed by atoms with van der Waals surface area (Å²) in [6.07, 6.45) is 2.91. The number of aromatic nitrogens is 3. The fourth-order valence-electron chi connectivity index (χ4n) is 3.25. The van der Waals surface area contributed by atoms with E-state index in [9.17, 15) is 14.7 Å². The summed E-state index contributed by atoms with van der Waals surface area (Å²) in [5, 5.41) is 13.8. The Hall–Kier alpha value is -3.28.